The number of anilines is 2. The number of hydrogen-bond acceptors (Lipinski definition) is 5. The molecule has 1 fully saturated rings. The maximum absolute atomic E-state index is 11.8. The van der Waals surface area contributed by atoms with Gasteiger partial charge in [-0.25, -0.2) is 0 Å². The standard InChI is InChI=1S/C23H25N5O2/c1-2-22(30)26-9-11-27(12-10-26)23-19-7-8-28(15-20(19)24-25-23)21-14-17(29)13-16-5-3-4-6-18(16)21/h2-6,13-14,29H,1,7-12,15H2,(H,24,25). The molecule has 3 heterocycles. The van der Waals surface area contributed by atoms with Gasteiger partial charge in [-0.2, -0.15) is 5.10 Å². The summed E-state index contributed by atoms with van der Waals surface area (Å²) in [6.07, 6.45) is 2.27. The molecule has 1 saturated heterocycles. The number of aromatic nitrogens is 2. The molecule has 0 aliphatic carbocycles. The van der Waals surface area contributed by atoms with Crippen molar-refractivity contribution in [2.45, 2.75) is 13.0 Å². The van der Waals surface area contributed by atoms with Gasteiger partial charge in [-0.15, -0.1) is 0 Å². The van der Waals surface area contributed by atoms with Gasteiger partial charge in [0.2, 0.25) is 5.91 Å². The second-order valence-electron chi connectivity index (χ2n) is 7.88. The third kappa shape index (κ3) is 3.16. The summed E-state index contributed by atoms with van der Waals surface area (Å²) in [5.74, 6) is 1.29. The summed E-state index contributed by atoms with van der Waals surface area (Å²) >= 11 is 0. The van der Waals surface area contributed by atoms with Crippen molar-refractivity contribution in [2.75, 3.05) is 42.5 Å². The van der Waals surface area contributed by atoms with E-state index in [0.717, 1.165) is 60.6 Å². The molecule has 3 aromatic rings. The Morgan fingerprint density at radius 2 is 1.90 bits per heavy atom. The van der Waals surface area contributed by atoms with Crippen molar-refractivity contribution in [1.82, 2.24) is 15.1 Å². The highest BCUT2D eigenvalue weighted by Crippen LogP contribution is 2.35. The lowest BCUT2D eigenvalue weighted by Crippen LogP contribution is -2.48. The molecule has 5 rings (SSSR count). The predicted octanol–water partition coefficient (Wildman–Crippen LogP) is 2.67. The van der Waals surface area contributed by atoms with Crippen LogP contribution >= 0.6 is 0 Å². The molecule has 2 aromatic carbocycles. The molecule has 0 saturated carbocycles. The molecule has 7 nitrogen and oxygen atoms in total. The zero-order chi connectivity index (χ0) is 20.7. The zero-order valence-corrected chi connectivity index (χ0v) is 16.8. The normalized spacial score (nSPS) is 16.6. The molecule has 0 spiro atoms. The Labute approximate surface area is 175 Å². The molecular weight excluding hydrogens is 378 g/mol. The third-order valence-electron chi connectivity index (χ3n) is 6.14. The largest absolute Gasteiger partial charge is 0.508 e. The minimum atomic E-state index is -0.00677. The van der Waals surface area contributed by atoms with Crippen LogP contribution in [0.1, 0.15) is 11.3 Å². The van der Waals surface area contributed by atoms with Crippen LogP contribution in [0.4, 0.5) is 11.5 Å². The first kappa shape index (κ1) is 18.5. The average molecular weight is 403 g/mol. The van der Waals surface area contributed by atoms with E-state index in [1.54, 1.807) is 6.07 Å². The number of aromatic hydroxyl groups is 1. The molecule has 154 valence electrons. The second-order valence-corrected chi connectivity index (χ2v) is 7.88. The van der Waals surface area contributed by atoms with Gasteiger partial charge < -0.3 is 19.8 Å². The molecule has 1 amide bonds. The number of benzene rings is 2. The number of carbonyl (C=O) groups excluding carboxylic acids is 1. The summed E-state index contributed by atoms with van der Waals surface area (Å²) in [4.78, 5) is 18.2. The Balaban J connectivity index is 1.37. The predicted molar refractivity (Wildman–Crippen MR) is 118 cm³/mol. The minimum Gasteiger partial charge on any atom is -0.508 e. The molecule has 2 aliphatic heterocycles. The highest BCUT2D eigenvalue weighted by Gasteiger charge is 2.28. The Kier molecular flexibility index (Phi) is 4.58. The topological polar surface area (TPSA) is 75.7 Å². The molecule has 0 radical (unpaired) electrons. The van der Waals surface area contributed by atoms with Gasteiger partial charge in [0, 0.05) is 55.4 Å². The number of nitrogens with zero attached hydrogens (tertiary/aromatic N) is 4. The molecule has 7 heteroatoms. The molecule has 0 unspecified atom stereocenters. The van der Waals surface area contributed by atoms with Crippen molar-refractivity contribution in [3.63, 3.8) is 0 Å². The van der Waals surface area contributed by atoms with E-state index in [9.17, 15) is 9.90 Å². The number of phenolic OH excluding ortho intramolecular Hbond substituents is 1. The number of H-pyrrole nitrogens is 1. The summed E-state index contributed by atoms with van der Waals surface area (Å²) in [6, 6.07) is 11.8. The van der Waals surface area contributed by atoms with Gasteiger partial charge in [-0.05, 0) is 23.9 Å². The molecule has 0 bridgehead atoms. The van der Waals surface area contributed by atoms with E-state index in [2.05, 4.69) is 32.6 Å². The molecule has 2 N–H and O–H groups in total. The van der Waals surface area contributed by atoms with Crippen molar-refractivity contribution < 1.29 is 9.90 Å². The number of carbonyl (C=O) groups is 1. The minimum absolute atomic E-state index is 0.00677. The molecule has 0 atom stereocenters. The fourth-order valence-electron chi connectivity index (χ4n) is 4.57. The van der Waals surface area contributed by atoms with Crippen molar-refractivity contribution in [3.05, 3.63) is 60.3 Å². The van der Waals surface area contributed by atoms with E-state index in [1.165, 1.54) is 11.6 Å². The maximum atomic E-state index is 11.8. The number of rotatable bonds is 3. The summed E-state index contributed by atoms with van der Waals surface area (Å²) in [6.45, 7) is 8.09. The van der Waals surface area contributed by atoms with Gasteiger partial charge in [0.25, 0.3) is 0 Å². The lowest BCUT2D eigenvalue weighted by Gasteiger charge is -2.36. The van der Waals surface area contributed by atoms with Gasteiger partial charge in [0.15, 0.2) is 5.82 Å². The molecular formula is C23H25N5O2. The summed E-state index contributed by atoms with van der Waals surface area (Å²) in [7, 11) is 0. The first-order chi connectivity index (χ1) is 14.6. The van der Waals surface area contributed by atoms with Crippen LogP contribution in [0.3, 0.4) is 0 Å². The number of hydrogen-bond donors (Lipinski definition) is 2. The van der Waals surface area contributed by atoms with Gasteiger partial charge in [-0.1, -0.05) is 30.8 Å². The number of amides is 1. The summed E-state index contributed by atoms with van der Waals surface area (Å²) in [5, 5.41) is 20.2. The zero-order valence-electron chi connectivity index (χ0n) is 16.8. The van der Waals surface area contributed by atoms with Crippen LogP contribution in [0.2, 0.25) is 0 Å². The fraction of sp³-hybridized carbons (Fsp3) is 0.304. The fourth-order valence-corrected chi connectivity index (χ4v) is 4.57. The van der Waals surface area contributed by atoms with Crippen LogP contribution < -0.4 is 9.80 Å². The molecule has 2 aliphatic rings. The van der Waals surface area contributed by atoms with E-state index >= 15 is 0 Å². The Hall–Kier alpha value is -3.48. The molecule has 30 heavy (non-hydrogen) atoms. The van der Waals surface area contributed by atoms with Crippen LogP contribution in [0.25, 0.3) is 10.8 Å². The van der Waals surface area contributed by atoms with E-state index in [-0.39, 0.29) is 11.7 Å². The highest BCUT2D eigenvalue weighted by molar-refractivity contribution is 5.95. The Bertz CT molecular complexity index is 1110. The van der Waals surface area contributed by atoms with Crippen molar-refractivity contribution in [2.24, 2.45) is 0 Å². The summed E-state index contributed by atoms with van der Waals surface area (Å²) < 4.78 is 0. The lowest BCUT2D eigenvalue weighted by molar-refractivity contribution is -0.126. The highest BCUT2D eigenvalue weighted by atomic mass is 16.3. The van der Waals surface area contributed by atoms with Gasteiger partial charge in [0.1, 0.15) is 5.75 Å². The molecule has 1 aromatic heterocycles. The SMILES string of the molecule is C=CC(=O)N1CCN(c2n[nH]c3c2CCN(c2cc(O)cc4ccccc24)C3)CC1. The van der Waals surface area contributed by atoms with Gasteiger partial charge in [-0.3, -0.25) is 9.89 Å². The van der Waals surface area contributed by atoms with Crippen LogP contribution in [-0.2, 0) is 17.8 Å². The van der Waals surface area contributed by atoms with Crippen molar-refractivity contribution in [1.29, 1.82) is 0 Å². The van der Waals surface area contributed by atoms with Crippen LogP contribution in [0, 0.1) is 0 Å². The summed E-state index contributed by atoms with van der Waals surface area (Å²) in [5.41, 5.74) is 3.43. The number of piperazine rings is 1. The van der Waals surface area contributed by atoms with Crippen molar-refractivity contribution >= 4 is 28.2 Å². The Morgan fingerprint density at radius 1 is 1.10 bits per heavy atom. The number of fused-ring (bicyclic) bond motifs is 2. The Morgan fingerprint density at radius 3 is 2.70 bits per heavy atom. The maximum Gasteiger partial charge on any atom is 0.246 e. The second kappa shape index (κ2) is 7.40. The van der Waals surface area contributed by atoms with Gasteiger partial charge >= 0.3 is 0 Å². The smallest absolute Gasteiger partial charge is 0.246 e. The van der Waals surface area contributed by atoms with E-state index in [0.29, 0.717) is 13.1 Å². The third-order valence-corrected chi connectivity index (χ3v) is 6.14. The van der Waals surface area contributed by atoms with Crippen molar-refractivity contribution in [3.8, 4) is 5.75 Å². The monoisotopic (exact) mass is 403 g/mol. The van der Waals surface area contributed by atoms with E-state index in [4.69, 9.17) is 0 Å². The van der Waals surface area contributed by atoms with E-state index in [1.807, 2.05) is 29.2 Å². The number of aromatic amines is 1. The number of nitrogens with one attached hydrogen (secondary N) is 1. The lowest BCUT2D eigenvalue weighted by atomic mass is 10.0. The van der Waals surface area contributed by atoms with E-state index < -0.39 is 0 Å². The first-order valence-electron chi connectivity index (χ1n) is 10.3. The van der Waals surface area contributed by atoms with Gasteiger partial charge in [0.05, 0.1) is 12.2 Å². The van der Waals surface area contributed by atoms with Crippen LogP contribution in [0.15, 0.2) is 49.1 Å². The first-order valence-corrected chi connectivity index (χ1v) is 10.3. The van der Waals surface area contributed by atoms with Crippen LogP contribution in [0.5, 0.6) is 5.75 Å². The number of phenols is 1. The quantitative estimate of drug-likeness (QED) is 0.658. The van der Waals surface area contributed by atoms with Crippen LogP contribution in [-0.4, -0.2) is 58.8 Å². The average Bonchev–Trinajstić information content (AvgIpc) is 3.21.